The average molecular weight is 182 g/mol. The number of hydrogen-bond acceptors (Lipinski definition) is 2. The van der Waals surface area contributed by atoms with Crippen LogP contribution in [0.15, 0.2) is 6.04 Å². The van der Waals surface area contributed by atoms with E-state index >= 15 is 0 Å². The lowest BCUT2D eigenvalue weighted by Gasteiger charge is -2.05. The Balaban J connectivity index is 3.88. The standard InChI is InChI=1S/C11H7N3/c1-7-4-9(5-12)8(2)11(14-3)10(7)6-13/h4H,1-2H3/i4D. The van der Waals surface area contributed by atoms with E-state index in [9.17, 15) is 0 Å². The third-order valence-corrected chi connectivity index (χ3v) is 1.99. The first-order valence-corrected chi connectivity index (χ1v) is 3.89. The monoisotopic (exact) mass is 182 g/mol. The van der Waals surface area contributed by atoms with Crippen LogP contribution >= 0.6 is 0 Å². The molecule has 0 aromatic heterocycles. The molecule has 14 heavy (non-hydrogen) atoms. The van der Waals surface area contributed by atoms with Gasteiger partial charge in [-0.2, -0.15) is 10.5 Å². The van der Waals surface area contributed by atoms with Crippen molar-refractivity contribution in [2.45, 2.75) is 13.8 Å². The quantitative estimate of drug-likeness (QED) is 0.579. The molecule has 0 spiro atoms. The Labute approximate surface area is 84.0 Å². The van der Waals surface area contributed by atoms with Crippen LogP contribution in [-0.2, 0) is 0 Å². The Morgan fingerprint density at radius 3 is 2.50 bits per heavy atom. The highest BCUT2D eigenvalue weighted by Crippen LogP contribution is 2.29. The van der Waals surface area contributed by atoms with Gasteiger partial charge < -0.3 is 0 Å². The summed E-state index contributed by atoms with van der Waals surface area (Å²) in [4.78, 5) is 3.24. The summed E-state index contributed by atoms with van der Waals surface area (Å²) in [7, 11) is 0. The van der Waals surface area contributed by atoms with Crippen LogP contribution in [0, 0.1) is 43.1 Å². The van der Waals surface area contributed by atoms with Gasteiger partial charge in [0.2, 0.25) is 5.69 Å². The summed E-state index contributed by atoms with van der Waals surface area (Å²) in [5.74, 6) is 0. The molecule has 0 aliphatic heterocycles. The first-order chi connectivity index (χ1) is 7.08. The number of rotatable bonds is 0. The van der Waals surface area contributed by atoms with E-state index in [0.717, 1.165) is 0 Å². The van der Waals surface area contributed by atoms with Crippen molar-refractivity contribution >= 4 is 5.69 Å². The van der Waals surface area contributed by atoms with Crippen LogP contribution in [0.3, 0.4) is 0 Å². The van der Waals surface area contributed by atoms with Crippen LogP contribution in [0.2, 0.25) is 0 Å². The molecule has 66 valence electrons. The van der Waals surface area contributed by atoms with Gasteiger partial charge in [0.05, 0.1) is 25.6 Å². The predicted molar refractivity (Wildman–Crippen MR) is 51.6 cm³/mol. The normalized spacial score (nSPS) is 9.50. The molecule has 0 amide bonds. The Morgan fingerprint density at radius 2 is 2.07 bits per heavy atom. The summed E-state index contributed by atoms with van der Waals surface area (Å²) in [6.07, 6.45) is 0. The van der Waals surface area contributed by atoms with Gasteiger partial charge in [0.15, 0.2) is 0 Å². The molecule has 0 saturated heterocycles. The van der Waals surface area contributed by atoms with Crippen LogP contribution in [0.25, 0.3) is 4.85 Å². The fourth-order valence-electron chi connectivity index (χ4n) is 1.22. The van der Waals surface area contributed by atoms with Gasteiger partial charge in [-0.05, 0) is 31.0 Å². The second kappa shape index (κ2) is 3.60. The fraction of sp³-hybridized carbons (Fsp3) is 0.182. The van der Waals surface area contributed by atoms with Crippen LogP contribution < -0.4 is 0 Å². The summed E-state index contributed by atoms with van der Waals surface area (Å²) < 4.78 is 7.68. The largest absolute Gasteiger partial charge is 0.236 e. The molecule has 0 N–H and O–H groups in total. The van der Waals surface area contributed by atoms with Gasteiger partial charge in [-0.1, -0.05) is 0 Å². The van der Waals surface area contributed by atoms with Gasteiger partial charge in [0, 0.05) is 5.56 Å². The molecule has 0 bridgehead atoms. The maximum atomic E-state index is 8.88. The van der Waals surface area contributed by atoms with E-state index in [1.54, 1.807) is 13.8 Å². The summed E-state index contributed by atoms with van der Waals surface area (Å²) >= 11 is 0. The van der Waals surface area contributed by atoms with Crippen LogP contribution in [-0.4, -0.2) is 0 Å². The van der Waals surface area contributed by atoms with E-state index in [1.807, 2.05) is 12.1 Å². The topological polar surface area (TPSA) is 51.9 Å². The Morgan fingerprint density at radius 1 is 1.43 bits per heavy atom. The number of benzene rings is 1. The maximum absolute atomic E-state index is 8.88. The van der Waals surface area contributed by atoms with Gasteiger partial charge in [0.1, 0.15) is 0 Å². The number of hydrogen-bond donors (Lipinski definition) is 0. The zero-order chi connectivity index (χ0) is 11.6. The molecule has 0 unspecified atom stereocenters. The van der Waals surface area contributed by atoms with Crippen molar-refractivity contribution in [3.63, 3.8) is 0 Å². The lowest BCUT2D eigenvalue weighted by molar-refractivity contribution is 1.32. The molecule has 1 aromatic rings. The Hall–Kier alpha value is -2.31. The molecule has 3 heteroatoms. The first kappa shape index (κ1) is 8.30. The highest BCUT2D eigenvalue weighted by molar-refractivity contribution is 5.69. The van der Waals surface area contributed by atoms with E-state index in [1.165, 1.54) is 0 Å². The van der Waals surface area contributed by atoms with E-state index in [-0.39, 0.29) is 22.9 Å². The first-order valence-electron chi connectivity index (χ1n) is 4.39. The highest BCUT2D eigenvalue weighted by atomic mass is 14.7. The zero-order valence-corrected chi connectivity index (χ0v) is 7.84. The molecule has 0 heterocycles. The van der Waals surface area contributed by atoms with Crippen LogP contribution in [0.1, 0.15) is 23.6 Å². The summed E-state index contributed by atoms with van der Waals surface area (Å²) in [5.41, 5.74) is 1.37. The average Bonchev–Trinajstić information content (AvgIpc) is 2.23. The maximum Gasteiger partial charge on any atom is 0.209 e. The Kier molecular flexibility index (Phi) is 2.14. The van der Waals surface area contributed by atoms with Crippen molar-refractivity contribution < 1.29 is 1.37 Å². The van der Waals surface area contributed by atoms with Crippen molar-refractivity contribution in [1.82, 2.24) is 0 Å². The lowest BCUT2D eigenvalue weighted by atomic mass is 9.98. The van der Waals surface area contributed by atoms with Gasteiger partial charge in [-0.15, -0.1) is 0 Å². The van der Waals surface area contributed by atoms with Gasteiger partial charge >= 0.3 is 0 Å². The van der Waals surface area contributed by atoms with Crippen LogP contribution in [0.5, 0.6) is 0 Å². The van der Waals surface area contributed by atoms with E-state index in [0.29, 0.717) is 11.1 Å². The molecule has 0 radical (unpaired) electrons. The van der Waals surface area contributed by atoms with Crippen molar-refractivity contribution in [2.75, 3.05) is 0 Å². The summed E-state index contributed by atoms with van der Waals surface area (Å²) in [6, 6.07) is 3.84. The second-order valence-corrected chi connectivity index (χ2v) is 2.81. The summed E-state index contributed by atoms with van der Waals surface area (Å²) in [5, 5.41) is 17.7. The van der Waals surface area contributed by atoms with Crippen molar-refractivity contribution in [3.8, 4) is 12.1 Å². The molecule has 1 rings (SSSR count). The molecule has 0 saturated carbocycles. The van der Waals surface area contributed by atoms with E-state index in [2.05, 4.69) is 4.85 Å². The lowest BCUT2D eigenvalue weighted by Crippen LogP contribution is -1.90. The molecule has 0 atom stereocenters. The van der Waals surface area contributed by atoms with E-state index < -0.39 is 0 Å². The molecule has 0 aliphatic rings. The van der Waals surface area contributed by atoms with Gasteiger partial charge in [-0.25, -0.2) is 4.85 Å². The smallest absolute Gasteiger partial charge is 0.209 e. The SMILES string of the molecule is [2H]c1c(C)c(C#N)c([N+]#[C-])c(C)c1C#N. The predicted octanol–water partition coefficient (Wildman–Crippen LogP) is 2.60. The van der Waals surface area contributed by atoms with E-state index in [4.69, 9.17) is 18.5 Å². The minimum atomic E-state index is 0.0407. The fourth-order valence-corrected chi connectivity index (χ4v) is 1.22. The third kappa shape index (κ3) is 1.30. The van der Waals surface area contributed by atoms with Crippen LogP contribution in [0.4, 0.5) is 5.69 Å². The number of nitrogens with zero attached hydrogens (tertiary/aromatic N) is 3. The van der Waals surface area contributed by atoms with Crippen molar-refractivity contribution in [3.05, 3.63) is 39.7 Å². The van der Waals surface area contributed by atoms with Gasteiger partial charge in [0.25, 0.3) is 0 Å². The molecular formula is C11H7N3. The van der Waals surface area contributed by atoms with Gasteiger partial charge in [-0.3, -0.25) is 0 Å². The minimum absolute atomic E-state index is 0.0407. The Bertz CT molecular complexity index is 553. The number of nitriles is 2. The molecule has 0 fully saturated rings. The molecule has 3 nitrogen and oxygen atoms in total. The second-order valence-electron chi connectivity index (χ2n) is 2.81. The third-order valence-electron chi connectivity index (χ3n) is 1.99. The molecule has 0 aliphatic carbocycles. The highest BCUT2D eigenvalue weighted by Gasteiger charge is 2.12. The molecular weight excluding hydrogens is 174 g/mol. The summed E-state index contributed by atoms with van der Waals surface area (Å²) in [6.45, 7) is 10.1. The van der Waals surface area contributed by atoms with Crippen molar-refractivity contribution in [2.24, 2.45) is 0 Å². The zero-order valence-electron chi connectivity index (χ0n) is 8.84. The van der Waals surface area contributed by atoms with Crippen molar-refractivity contribution in [1.29, 1.82) is 10.5 Å². The molecule has 1 aromatic carbocycles. The minimum Gasteiger partial charge on any atom is -0.236 e.